The molecular formula is C11H8Cl3N3O2S. The first kappa shape index (κ1) is 14.1. The lowest BCUT2D eigenvalue weighted by molar-refractivity contribution is 0.579. The highest BCUT2D eigenvalue weighted by Crippen LogP contribution is 2.43. The average molecular weight is 353 g/mol. The third-order valence-electron chi connectivity index (χ3n) is 2.98. The summed E-state index contributed by atoms with van der Waals surface area (Å²) in [4.78, 5) is 0. The van der Waals surface area contributed by atoms with Crippen LogP contribution in [0.3, 0.4) is 0 Å². The van der Waals surface area contributed by atoms with Crippen molar-refractivity contribution >= 4 is 42.9 Å². The second kappa shape index (κ2) is 4.87. The number of rotatable bonds is 3. The summed E-state index contributed by atoms with van der Waals surface area (Å²) in [5, 5.41) is 8.09. The molecule has 106 valence electrons. The molecule has 5 nitrogen and oxygen atoms in total. The van der Waals surface area contributed by atoms with Crippen LogP contribution in [0.15, 0.2) is 23.4 Å². The van der Waals surface area contributed by atoms with E-state index in [9.17, 15) is 8.42 Å². The van der Waals surface area contributed by atoms with Crippen LogP contribution in [0, 0.1) is 0 Å². The van der Waals surface area contributed by atoms with Gasteiger partial charge in [-0.2, -0.15) is 0 Å². The van der Waals surface area contributed by atoms with Gasteiger partial charge in [0.15, 0.2) is 5.82 Å². The Labute approximate surface area is 129 Å². The van der Waals surface area contributed by atoms with Crippen molar-refractivity contribution in [2.24, 2.45) is 0 Å². The van der Waals surface area contributed by atoms with Crippen LogP contribution in [0.2, 0.25) is 10.0 Å². The van der Waals surface area contributed by atoms with Crippen molar-refractivity contribution in [2.75, 3.05) is 0 Å². The summed E-state index contributed by atoms with van der Waals surface area (Å²) in [7, 11) is 1.42. The molecule has 1 aromatic carbocycles. The first-order valence-corrected chi connectivity index (χ1v) is 8.80. The van der Waals surface area contributed by atoms with Gasteiger partial charge in [-0.25, -0.2) is 8.42 Å². The molecule has 1 heterocycles. The fraction of sp³-hybridized carbons (Fsp3) is 0.273. The molecule has 1 fully saturated rings. The van der Waals surface area contributed by atoms with E-state index >= 15 is 0 Å². The van der Waals surface area contributed by atoms with Gasteiger partial charge in [0.05, 0.1) is 15.6 Å². The molecule has 20 heavy (non-hydrogen) atoms. The molecule has 0 aliphatic heterocycles. The molecule has 0 radical (unpaired) electrons. The molecule has 0 atom stereocenters. The number of aromatic nitrogens is 3. The van der Waals surface area contributed by atoms with Gasteiger partial charge >= 0.3 is 0 Å². The van der Waals surface area contributed by atoms with Gasteiger partial charge in [0.25, 0.3) is 14.2 Å². The minimum absolute atomic E-state index is 0.0101. The molecular weight excluding hydrogens is 345 g/mol. The standard InChI is InChI=1S/C11H8Cl3N3O2S/c12-7-2-1-3-8(13)9(7)10-15-16-11(20(14,18)19)17(10)6-4-5-6/h1-3,6H,4-5H2. The molecule has 1 aliphatic carbocycles. The molecule has 9 heteroatoms. The fourth-order valence-corrected chi connectivity index (χ4v) is 3.48. The molecule has 0 spiro atoms. The lowest BCUT2D eigenvalue weighted by atomic mass is 10.2. The van der Waals surface area contributed by atoms with Crippen molar-refractivity contribution < 1.29 is 8.42 Å². The molecule has 0 unspecified atom stereocenters. The zero-order valence-corrected chi connectivity index (χ0v) is 13.0. The monoisotopic (exact) mass is 351 g/mol. The maximum Gasteiger partial charge on any atom is 0.296 e. The van der Waals surface area contributed by atoms with Crippen LogP contribution in [0.4, 0.5) is 0 Å². The Bertz CT molecular complexity index is 764. The van der Waals surface area contributed by atoms with Gasteiger partial charge in [-0.1, -0.05) is 29.3 Å². The average Bonchev–Trinajstić information content (AvgIpc) is 3.08. The maximum absolute atomic E-state index is 11.6. The highest BCUT2D eigenvalue weighted by atomic mass is 35.7. The molecule has 1 aromatic heterocycles. The quantitative estimate of drug-likeness (QED) is 0.793. The van der Waals surface area contributed by atoms with Crippen LogP contribution in [0.5, 0.6) is 0 Å². The Balaban J connectivity index is 2.28. The van der Waals surface area contributed by atoms with E-state index in [1.54, 1.807) is 18.2 Å². The van der Waals surface area contributed by atoms with Crippen molar-refractivity contribution in [1.82, 2.24) is 14.8 Å². The highest BCUT2D eigenvalue weighted by Gasteiger charge is 2.35. The Morgan fingerprint density at radius 2 is 1.75 bits per heavy atom. The van der Waals surface area contributed by atoms with Crippen LogP contribution in [0.25, 0.3) is 11.4 Å². The fourth-order valence-electron chi connectivity index (χ4n) is 1.99. The van der Waals surface area contributed by atoms with Crippen LogP contribution < -0.4 is 0 Å². The Morgan fingerprint density at radius 3 is 2.25 bits per heavy atom. The van der Waals surface area contributed by atoms with Crippen molar-refractivity contribution in [2.45, 2.75) is 24.0 Å². The first-order valence-electron chi connectivity index (χ1n) is 5.73. The topological polar surface area (TPSA) is 64.8 Å². The number of hydrogen-bond acceptors (Lipinski definition) is 4. The van der Waals surface area contributed by atoms with Crippen LogP contribution >= 0.6 is 33.9 Å². The third-order valence-corrected chi connectivity index (χ3v) is 4.74. The molecule has 0 amide bonds. The Kier molecular flexibility index (Phi) is 3.44. The van der Waals surface area contributed by atoms with Gasteiger partial charge in [0.2, 0.25) is 0 Å². The number of halogens is 3. The van der Waals surface area contributed by atoms with Gasteiger partial charge in [-0.05, 0) is 25.0 Å². The molecule has 3 rings (SSSR count). The SMILES string of the molecule is O=S(=O)(Cl)c1nnc(-c2c(Cl)cccc2Cl)n1C1CC1. The summed E-state index contributed by atoms with van der Waals surface area (Å²) in [5.41, 5.74) is 0.460. The van der Waals surface area contributed by atoms with Crippen LogP contribution in [-0.2, 0) is 9.05 Å². The third kappa shape index (κ3) is 2.41. The van der Waals surface area contributed by atoms with Gasteiger partial charge in [-0.15, -0.1) is 10.2 Å². The Morgan fingerprint density at radius 1 is 1.15 bits per heavy atom. The van der Waals surface area contributed by atoms with E-state index in [2.05, 4.69) is 10.2 Å². The van der Waals surface area contributed by atoms with Crippen LogP contribution in [-0.4, -0.2) is 23.2 Å². The van der Waals surface area contributed by atoms with Crippen molar-refractivity contribution in [3.8, 4) is 11.4 Å². The predicted molar refractivity (Wildman–Crippen MR) is 76.8 cm³/mol. The van der Waals surface area contributed by atoms with Crippen molar-refractivity contribution in [3.05, 3.63) is 28.2 Å². The van der Waals surface area contributed by atoms with Crippen molar-refractivity contribution in [1.29, 1.82) is 0 Å². The van der Waals surface area contributed by atoms with Crippen molar-refractivity contribution in [3.63, 3.8) is 0 Å². The second-order valence-corrected chi connectivity index (χ2v) is 7.72. The second-order valence-electron chi connectivity index (χ2n) is 4.44. The first-order chi connectivity index (χ1) is 9.39. The van der Waals surface area contributed by atoms with E-state index in [0.717, 1.165) is 12.8 Å². The van der Waals surface area contributed by atoms with Gasteiger partial charge in [0, 0.05) is 16.7 Å². The Hall–Kier alpha value is -0.820. The zero-order chi connectivity index (χ0) is 14.5. The number of benzene rings is 1. The minimum atomic E-state index is -3.98. The van der Waals surface area contributed by atoms with E-state index in [-0.39, 0.29) is 11.2 Å². The molecule has 0 bridgehead atoms. The maximum atomic E-state index is 11.6. The van der Waals surface area contributed by atoms with Gasteiger partial charge < -0.3 is 0 Å². The summed E-state index contributed by atoms with van der Waals surface area (Å²) < 4.78 is 24.6. The lowest BCUT2D eigenvalue weighted by Crippen LogP contribution is -2.06. The molecule has 2 aromatic rings. The summed E-state index contributed by atoms with van der Waals surface area (Å²) in [6.45, 7) is 0. The minimum Gasteiger partial charge on any atom is -0.294 e. The predicted octanol–water partition coefficient (Wildman–Crippen LogP) is 3.51. The van der Waals surface area contributed by atoms with Gasteiger partial charge in [-0.3, -0.25) is 4.57 Å². The van der Waals surface area contributed by atoms with E-state index in [1.165, 1.54) is 4.57 Å². The summed E-state index contributed by atoms with van der Waals surface area (Å²) in [6.07, 6.45) is 1.68. The van der Waals surface area contributed by atoms with E-state index < -0.39 is 9.05 Å². The molecule has 0 N–H and O–H groups in total. The zero-order valence-electron chi connectivity index (χ0n) is 9.92. The lowest BCUT2D eigenvalue weighted by Gasteiger charge is -2.09. The highest BCUT2D eigenvalue weighted by molar-refractivity contribution is 8.13. The van der Waals surface area contributed by atoms with Crippen LogP contribution in [0.1, 0.15) is 18.9 Å². The van der Waals surface area contributed by atoms with E-state index in [4.69, 9.17) is 33.9 Å². The normalized spacial score (nSPS) is 15.6. The van der Waals surface area contributed by atoms with Gasteiger partial charge in [0.1, 0.15) is 0 Å². The number of nitrogens with zero attached hydrogens (tertiary/aromatic N) is 3. The molecule has 0 saturated heterocycles. The smallest absolute Gasteiger partial charge is 0.294 e. The van der Waals surface area contributed by atoms with E-state index in [0.29, 0.717) is 21.4 Å². The molecule has 1 saturated carbocycles. The summed E-state index contributed by atoms with van der Waals surface area (Å²) >= 11 is 12.3. The number of hydrogen-bond donors (Lipinski definition) is 0. The largest absolute Gasteiger partial charge is 0.296 e. The van der Waals surface area contributed by atoms with E-state index in [1.807, 2.05) is 0 Å². The molecule has 1 aliphatic rings. The summed E-state index contributed by atoms with van der Waals surface area (Å²) in [5.74, 6) is 0.322. The summed E-state index contributed by atoms with van der Waals surface area (Å²) in [6, 6.07) is 5.02.